The van der Waals surface area contributed by atoms with Crippen molar-refractivity contribution in [1.82, 2.24) is 0 Å². The Hall–Kier alpha value is -1.11. The number of thioether (sulfide) groups is 1. The van der Waals surface area contributed by atoms with Crippen LogP contribution in [0.3, 0.4) is 0 Å². The first-order chi connectivity index (χ1) is 8.24. The Morgan fingerprint density at radius 1 is 1.06 bits per heavy atom. The van der Waals surface area contributed by atoms with E-state index >= 15 is 0 Å². The Morgan fingerprint density at radius 2 is 1.61 bits per heavy atom. The fraction of sp³-hybridized carbons (Fsp3) is 0.364. The highest BCUT2D eigenvalue weighted by atomic mass is 32.2. The number of alkyl halides is 5. The van der Waals surface area contributed by atoms with E-state index < -0.39 is 29.4 Å². The second kappa shape index (κ2) is 5.69. The van der Waals surface area contributed by atoms with Gasteiger partial charge in [-0.05, 0) is 0 Å². The van der Waals surface area contributed by atoms with E-state index in [0.29, 0.717) is 11.8 Å². The van der Waals surface area contributed by atoms with Crippen molar-refractivity contribution in [3.05, 3.63) is 35.9 Å². The Bertz CT molecular complexity index is 402. The Kier molecular flexibility index (Phi) is 4.72. The van der Waals surface area contributed by atoms with Gasteiger partial charge in [-0.15, -0.1) is 0 Å². The maximum absolute atomic E-state index is 12.5. The van der Waals surface area contributed by atoms with Crippen molar-refractivity contribution in [3.63, 3.8) is 0 Å². The van der Waals surface area contributed by atoms with Crippen LogP contribution in [0.15, 0.2) is 30.3 Å². The van der Waals surface area contributed by atoms with E-state index in [1.165, 1.54) is 12.1 Å². The molecule has 0 radical (unpaired) electrons. The minimum atomic E-state index is -5.57. The van der Waals surface area contributed by atoms with E-state index in [4.69, 9.17) is 0 Å². The second-order valence-corrected chi connectivity index (χ2v) is 4.52. The van der Waals surface area contributed by atoms with Gasteiger partial charge in [0, 0.05) is 17.7 Å². The molecular weight excluding hydrogens is 275 g/mol. The van der Waals surface area contributed by atoms with Crippen molar-refractivity contribution in [3.8, 4) is 0 Å². The molecule has 0 amide bonds. The van der Waals surface area contributed by atoms with Gasteiger partial charge in [-0.1, -0.05) is 42.1 Å². The summed E-state index contributed by atoms with van der Waals surface area (Å²) < 4.78 is 60.6. The Labute approximate surface area is 104 Å². The lowest BCUT2D eigenvalue weighted by Crippen LogP contribution is -2.36. The van der Waals surface area contributed by atoms with Crippen molar-refractivity contribution < 1.29 is 26.7 Å². The van der Waals surface area contributed by atoms with Gasteiger partial charge in [-0.25, -0.2) is 0 Å². The van der Waals surface area contributed by atoms with Gasteiger partial charge < -0.3 is 0 Å². The summed E-state index contributed by atoms with van der Waals surface area (Å²) in [5, 5.41) is -0.520. The molecule has 0 saturated heterocycles. The third kappa shape index (κ3) is 3.97. The molecule has 1 rings (SSSR count). The summed E-state index contributed by atoms with van der Waals surface area (Å²) in [5.74, 6) is -5.34. The van der Waals surface area contributed by atoms with Crippen LogP contribution in [0.1, 0.15) is 16.8 Å². The molecular formula is C11H9F5OS. The van der Waals surface area contributed by atoms with E-state index in [0.717, 1.165) is 0 Å². The van der Waals surface area contributed by atoms with Crippen LogP contribution in [0.2, 0.25) is 0 Å². The Morgan fingerprint density at radius 3 is 2.11 bits per heavy atom. The van der Waals surface area contributed by atoms with Gasteiger partial charge in [-0.2, -0.15) is 22.0 Å². The van der Waals surface area contributed by atoms with Crippen LogP contribution < -0.4 is 0 Å². The molecule has 0 fully saturated rings. The summed E-state index contributed by atoms with van der Waals surface area (Å²) >= 11 is 0.454. The molecule has 0 heterocycles. The second-order valence-electron chi connectivity index (χ2n) is 3.45. The summed E-state index contributed by atoms with van der Waals surface area (Å²) in [5.41, 5.74) is 0.276. The zero-order chi connectivity index (χ0) is 13.8. The highest BCUT2D eigenvalue weighted by Gasteiger charge is 2.56. The molecule has 0 aromatic heterocycles. The van der Waals surface area contributed by atoms with Gasteiger partial charge in [0.05, 0.1) is 0 Å². The molecule has 1 aromatic carbocycles. The highest BCUT2D eigenvalue weighted by molar-refractivity contribution is 8.14. The van der Waals surface area contributed by atoms with Gasteiger partial charge in [0.1, 0.15) is 0 Å². The molecule has 1 aromatic rings. The lowest BCUT2D eigenvalue weighted by Gasteiger charge is -2.18. The van der Waals surface area contributed by atoms with Crippen molar-refractivity contribution in [1.29, 1.82) is 0 Å². The maximum Gasteiger partial charge on any atom is 0.453 e. The number of rotatable bonds is 4. The van der Waals surface area contributed by atoms with E-state index in [-0.39, 0.29) is 5.56 Å². The molecule has 0 unspecified atom stereocenters. The lowest BCUT2D eigenvalue weighted by atomic mass is 10.2. The molecule has 18 heavy (non-hydrogen) atoms. The first-order valence-electron chi connectivity index (χ1n) is 4.91. The third-order valence-corrected chi connectivity index (χ3v) is 2.98. The molecule has 7 heteroatoms. The highest BCUT2D eigenvalue weighted by Crippen LogP contribution is 2.38. The average molecular weight is 284 g/mol. The van der Waals surface area contributed by atoms with Gasteiger partial charge in [0.15, 0.2) is 0 Å². The van der Waals surface area contributed by atoms with Gasteiger partial charge in [0.2, 0.25) is 5.12 Å². The molecule has 0 saturated carbocycles. The predicted molar refractivity (Wildman–Crippen MR) is 58.8 cm³/mol. The lowest BCUT2D eigenvalue weighted by molar-refractivity contribution is -0.282. The number of benzene rings is 1. The van der Waals surface area contributed by atoms with E-state index in [1.54, 1.807) is 18.2 Å². The largest absolute Gasteiger partial charge is 0.453 e. The van der Waals surface area contributed by atoms with Crippen molar-refractivity contribution in [2.45, 2.75) is 18.5 Å². The van der Waals surface area contributed by atoms with Crippen LogP contribution in [-0.4, -0.2) is 23.0 Å². The molecule has 0 spiro atoms. The quantitative estimate of drug-likeness (QED) is 0.773. The van der Waals surface area contributed by atoms with Crippen LogP contribution in [0.5, 0.6) is 0 Å². The number of hydrogen-bond acceptors (Lipinski definition) is 2. The molecule has 0 aliphatic carbocycles. The van der Waals surface area contributed by atoms with Crippen LogP contribution in [0, 0.1) is 0 Å². The SMILES string of the molecule is O=C(SCCC(F)(F)C(F)(F)F)c1ccccc1. The van der Waals surface area contributed by atoms with Crippen molar-refractivity contribution in [2.24, 2.45) is 0 Å². The zero-order valence-electron chi connectivity index (χ0n) is 9.01. The summed E-state index contributed by atoms with van der Waals surface area (Å²) in [6.07, 6.45) is -6.97. The topological polar surface area (TPSA) is 17.1 Å². The number of halogens is 5. The smallest absolute Gasteiger partial charge is 0.282 e. The summed E-state index contributed by atoms with van der Waals surface area (Å²) in [6, 6.07) is 7.77. The van der Waals surface area contributed by atoms with Crippen LogP contribution in [0.25, 0.3) is 0 Å². The molecule has 0 N–H and O–H groups in total. The molecule has 0 aliphatic rings. The van der Waals surface area contributed by atoms with Crippen LogP contribution in [-0.2, 0) is 0 Å². The van der Waals surface area contributed by atoms with Gasteiger partial charge in [-0.3, -0.25) is 4.79 Å². The van der Waals surface area contributed by atoms with Crippen LogP contribution >= 0.6 is 11.8 Å². The first kappa shape index (κ1) is 14.9. The minimum absolute atomic E-state index is 0.276. The maximum atomic E-state index is 12.5. The summed E-state index contributed by atoms with van der Waals surface area (Å²) in [6.45, 7) is 0. The fourth-order valence-electron chi connectivity index (χ4n) is 1.07. The first-order valence-corrected chi connectivity index (χ1v) is 5.89. The molecule has 1 nitrogen and oxygen atoms in total. The van der Waals surface area contributed by atoms with E-state index in [2.05, 4.69) is 0 Å². The van der Waals surface area contributed by atoms with Gasteiger partial charge >= 0.3 is 12.1 Å². The average Bonchev–Trinajstić information content (AvgIpc) is 2.28. The minimum Gasteiger partial charge on any atom is -0.282 e. The predicted octanol–water partition coefficient (Wildman–Crippen LogP) is 4.15. The zero-order valence-corrected chi connectivity index (χ0v) is 9.82. The molecule has 100 valence electrons. The van der Waals surface area contributed by atoms with Crippen LogP contribution in [0.4, 0.5) is 22.0 Å². The standard InChI is InChI=1S/C11H9F5OS/c12-10(13,11(14,15)16)6-7-18-9(17)8-4-2-1-3-5-8/h1-5H,6-7H2. The normalized spacial score (nSPS) is 12.5. The summed E-state index contributed by atoms with van der Waals surface area (Å²) in [4.78, 5) is 11.4. The number of carbonyl (C=O) groups is 1. The molecule has 0 bridgehead atoms. The number of hydrogen-bond donors (Lipinski definition) is 0. The number of carbonyl (C=O) groups excluding carboxylic acids is 1. The van der Waals surface area contributed by atoms with E-state index in [1.807, 2.05) is 0 Å². The van der Waals surface area contributed by atoms with Crippen molar-refractivity contribution in [2.75, 3.05) is 5.75 Å². The fourth-order valence-corrected chi connectivity index (χ4v) is 1.92. The van der Waals surface area contributed by atoms with Crippen molar-refractivity contribution >= 4 is 16.9 Å². The van der Waals surface area contributed by atoms with Gasteiger partial charge in [0.25, 0.3) is 0 Å². The summed E-state index contributed by atoms with van der Waals surface area (Å²) in [7, 11) is 0. The molecule has 0 aliphatic heterocycles. The third-order valence-electron chi connectivity index (χ3n) is 2.07. The van der Waals surface area contributed by atoms with E-state index in [9.17, 15) is 26.7 Å². The molecule has 0 atom stereocenters. The Balaban J connectivity index is 2.46. The monoisotopic (exact) mass is 284 g/mol.